The molecule has 0 amide bonds. The van der Waals surface area contributed by atoms with E-state index >= 15 is 0 Å². The summed E-state index contributed by atoms with van der Waals surface area (Å²) in [4.78, 5) is 18.9. The van der Waals surface area contributed by atoms with E-state index in [1.165, 1.54) is 18.6 Å². The second-order valence-electron chi connectivity index (χ2n) is 4.67. The Morgan fingerprint density at radius 1 is 1.24 bits per heavy atom. The van der Waals surface area contributed by atoms with E-state index < -0.39 is 4.92 Å². The lowest BCUT2D eigenvalue weighted by molar-refractivity contribution is -0.385. The first-order valence-corrected chi connectivity index (χ1v) is 8.43. The maximum absolute atomic E-state index is 11.1. The van der Waals surface area contributed by atoms with E-state index in [9.17, 15) is 10.1 Å². The van der Waals surface area contributed by atoms with E-state index in [0.29, 0.717) is 24.0 Å². The number of hydrogen-bond donors (Lipinski definition) is 2. The molecule has 2 N–H and O–H groups in total. The van der Waals surface area contributed by atoms with Gasteiger partial charge in [0.1, 0.15) is 5.69 Å². The van der Waals surface area contributed by atoms with Crippen molar-refractivity contribution < 1.29 is 4.92 Å². The lowest BCUT2D eigenvalue weighted by Crippen LogP contribution is -2.10. The van der Waals surface area contributed by atoms with Crippen LogP contribution in [0.15, 0.2) is 0 Å². The minimum Gasteiger partial charge on any atom is -0.364 e. The number of nitro groups is 1. The van der Waals surface area contributed by atoms with Gasteiger partial charge >= 0.3 is 5.69 Å². The van der Waals surface area contributed by atoms with Gasteiger partial charge in [-0.15, -0.1) is 0 Å². The number of anilines is 2. The van der Waals surface area contributed by atoms with Crippen molar-refractivity contribution in [1.82, 2.24) is 9.97 Å². The molecule has 0 saturated carbocycles. The molecule has 118 valence electrons. The minimum absolute atomic E-state index is 0.0450. The SMILES string of the molecule is CNc1nc(C)c([N+](=O)[O-])c(NCCCCCCSC)n1. The molecule has 0 aliphatic rings. The highest BCUT2D eigenvalue weighted by Crippen LogP contribution is 2.26. The van der Waals surface area contributed by atoms with E-state index in [0.717, 1.165) is 12.8 Å². The number of nitrogens with one attached hydrogen (secondary N) is 2. The number of hydrogen-bond acceptors (Lipinski definition) is 7. The molecule has 21 heavy (non-hydrogen) atoms. The third kappa shape index (κ3) is 5.74. The molecule has 0 aliphatic carbocycles. The van der Waals surface area contributed by atoms with Crippen LogP contribution < -0.4 is 10.6 Å². The second-order valence-corrected chi connectivity index (χ2v) is 5.66. The van der Waals surface area contributed by atoms with E-state index in [1.54, 1.807) is 14.0 Å². The lowest BCUT2D eigenvalue weighted by atomic mass is 10.2. The van der Waals surface area contributed by atoms with Crippen LogP contribution >= 0.6 is 11.8 Å². The van der Waals surface area contributed by atoms with Gasteiger partial charge in [0.15, 0.2) is 0 Å². The van der Waals surface area contributed by atoms with Crippen molar-refractivity contribution in [3.05, 3.63) is 15.8 Å². The Morgan fingerprint density at radius 3 is 2.57 bits per heavy atom. The Labute approximate surface area is 129 Å². The van der Waals surface area contributed by atoms with Gasteiger partial charge in [-0.2, -0.15) is 16.7 Å². The fourth-order valence-electron chi connectivity index (χ4n) is 1.95. The standard InChI is InChI=1S/C13H23N5O2S/c1-10-11(18(19)20)12(17-13(14-2)16-10)15-8-6-4-5-7-9-21-3/h4-9H2,1-3H3,(H2,14,15,16,17). The second kappa shape index (κ2) is 9.38. The fourth-order valence-corrected chi connectivity index (χ4v) is 2.45. The van der Waals surface area contributed by atoms with Crippen LogP contribution in [-0.2, 0) is 0 Å². The molecule has 7 nitrogen and oxygen atoms in total. The van der Waals surface area contributed by atoms with Crippen LogP contribution in [0, 0.1) is 17.0 Å². The highest BCUT2D eigenvalue weighted by Gasteiger charge is 2.21. The Kier molecular flexibility index (Phi) is 7.81. The van der Waals surface area contributed by atoms with Gasteiger partial charge in [0, 0.05) is 13.6 Å². The fraction of sp³-hybridized carbons (Fsp3) is 0.692. The molecule has 0 aliphatic heterocycles. The van der Waals surface area contributed by atoms with Gasteiger partial charge < -0.3 is 10.6 Å². The van der Waals surface area contributed by atoms with Gasteiger partial charge in [-0.25, -0.2) is 4.98 Å². The van der Waals surface area contributed by atoms with Crippen LogP contribution in [0.25, 0.3) is 0 Å². The van der Waals surface area contributed by atoms with E-state index in [2.05, 4.69) is 26.9 Å². The molecule has 1 aromatic heterocycles. The van der Waals surface area contributed by atoms with Gasteiger partial charge in [0.25, 0.3) is 0 Å². The van der Waals surface area contributed by atoms with Gasteiger partial charge in [0.2, 0.25) is 11.8 Å². The zero-order valence-electron chi connectivity index (χ0n) is 12.8. The van der Waals surface area contributed by atoms with Crippen LogP contribution in [0.1, 0.15) is 31.4 Å². The number of aryl methyl sites for hydroxylation is 1. The largest absolute Gasteiger partial charge is 0.364 e. The first-order chi connectivity index (χ1) is 10.1. The monoisotopic (exact) mass is 313 g/mol. The number of nitrogens with zero attached hydrogens (tertiary/aromatic N) is 3. The quantitative estimate of drug-likeness (QED) is 0.389. The third-order valence-corrected chi connectivity index (χ3v) is 3.73. The molecule has 1 rings (SSSR count). The van der Waals surface area contributed by atoms with Crippen molar-refractivity contribution in [2.24, 2.45) is 0 Å². The smallest absolute Gasteiger partial charge is 0.332 e. The van der Waals surface area contributed by atoms with E-state index in [-0.39, 0.29) is 5.69 Å². The van der Waals surface area contributed by atoms with Crippen LogP contribution in [0.4, 0.5) is 17.5 Å². The van der Waals surface area contributed by atoms with Crippen LogP contribution in [0.5, 0.6) is 0 Å². The summed E-state index contributed by atoms with van der Waals surface area (Å²) in [6, 6.07) is 0. The van der Waals surface area contributed by atoms with Crippen molar-refractivity contribution in [3.63, 3.8) is 0 Å². The molecule has 0 saturated heterocycles. The molecular formula is C13H23N5O2S. The number of rotatable bonds is 10. The average Bonchev–Trinajstić information content (AvgIpc) is 2.45. The van der Waals surface area contributed by atoms with Crippen LogP contribution in [0.2, 0.25) is 0 Å². The molecule has 1 aromatic rings. The molecule has 0 aromatic carbocycles. The number of aromatic nitrogens is 2. The molecule has 0 atom stereocenters. The van der Waals surface area contributed by atoms with Crippen molar-refractivity contribution in [2.75, 3.05) is 36.2 Å². The molecule has 1 heterocycles. The molecule has 0 radical (unpaired) electrons. The summed E-state index contributed by atoms with van der Waals surface area (Å²) in [5.41, 5.74) is 0.318. The highest BCUT2D eigenvalue weighted by molar-refractivity contribution is 7.98. The van der Waals surface area contributed by atoms with E-state index in [4.69, 9.17) is 0 Å². The maximum Gasteiger partial charge on any atom is 0.332 e. The molecule has 0 fully saturated rings. The summed E-state index contributed by atoms with van der Waals surface area (Å²) in [7, 11) is 1.69. The summed E-state index contributed by atoms with van der Waals surface area (Å²) in [5.74, 6) is 1.87. The van der Waals surface area contributed by atoms with Crippen LogP contribution in [-0.4, -0.2) is 40.5 Å². The van der Waals surface area contributed by atoms with Gasteiger partial charge in [-0.05, 0) is 31.8 Å². The summed E-state index contributed by atoms with van der Waals surface area (Å²) in [6.45, 7) is 2.30. The van der Waals surface area contributed by atoms with Crippen molar-refractivity contribution >= 4 is 29.2 Å². The normalized spacial score (nSPS) is 10.4. The summed E-state index contributed by atoms with van der Waals surface area (Å²) in [6.07, 6.45) is 6.61. The zero-order chi connectivity index (χ0) is 15.7. The molecular weight excluding hydrogens is 290 g/mol. The maximum atomic E-state index is 11.1. The Hall–Kier alpha value is -1.57. The summed E-state index contributed by atoms with van der Waals surface area (Å²) < 4.78 is 0. The Morgan fingerprint density at radius 2 is 1.95 bits per heavy atom. The van der Waals surface area contributed by atoms with Crippen molar-refractivity contribution in [3.8, 4) is 0 Å². The van der Waals surface area contributed by atoms with Crippen LogP contribution in [0.3, 0.4) is 0 Å². The third-order valence-electron chi connectivity index (χ3n) is 3.03. The summed E-state index contributed by atoms with van der Waals surface area (Å²) in [5, 5.41) is 17.0. The average molecular weight is 313 g/mol. The Bertz CT molecular complexity index is 470. The topological polar surface area (TPSA) is 93.0 Å². The predicted octanol–water partition coefficient (Wildman–Crippen LogP) is 3.07. The van der Waals surface area contributed by atoms with Gasteiger partial charge in [-0.3, -0.25) is 10.1 Å². The van der Waals surface area contributed by atoms with Crippen molar-refractivity contribution in [1.29, 1.82) is 0 Å². The van der Waals surface area contributed by atoms with Gasteiger partial charge in [0.05, 0.1) is 4.92 Å². The first-order valence-electron chi connectivity index (χ1n) is 7.03. The van der Waals surface area contributed by atoms with Crippen molar-refractivity contribution in [2.45, 2.75) is 32.6 Å². The molecule has 0 bridgehead atoms. The Balaban J connectivity index is 2.56. The zero-order valence-corrected chi connectivity index (χ0v) is 13.6. The molecule has 8 heteroatoms. The minimum atomic E-state index is -0.435. The number of unbranched alkanes of at least 4 members (excludes halogenated alkanes) is 3. The molecule has 0 spiro atoms. The molecule has 0 unspecified atom stereocenters. The van der Waals surface area contributed by atoms with Gasteiger partial charge in [-0.1, -0.05) is 12.8 Å². The van der Waals surface area contributed by atoms with E-state index in [1.807, 2.05) is 11.8 Å². The highest BCUT2D eigenvalue weighted by atomic mass is 32.2. The number of thioether (sulfide) groups is 1. The summed E-state index contributed by atoms with van der Waals surface area (Å²) >= 11 is 1.86. The lowest BCUT2D eigenvalue weighted by Gasteiger charge is -2.09. The predicted molar refractivity (Wildman–Crippen MR) is 88.3 cm³/mol. The first kappa shape index (κ1) is 17.5.